The number of hydrogen-bond donors (Lipinski definition) is 0. The van der Waals surface area contributed by atoms with Crippen LogP contribution in [0.3, 0.4) is 0 Å². The summed E-state index contributed by atoms with van der Waals surface area (Å²) >= 11 is 0. The van der Waals surface area contributed by atoms with Crippen molar-refractivity contribution >= 4 is 0 Å². The maximum atomic E-state index is 5.45. The fourth-order valence-electron chi connectivity index (χ4n) is 1.58. The van der Waals surface area contributed by atoms with Crippen LogP contribution in [0, 0.1) is 6.42 Å². The number of rotatable bonds is 21. The fourth-order valence-corrected chi connectivity index (χ4v) is 1.58. The van der Waals surface area contributed by atoms with Crippen LogP contribution < -0.4 is 0 Å². The maximum Gasteiger partial charge on any atom is 0.0701 e. The molecular formula is C17H35O7. The van der Waals surface area contributed by atoms with Crippen molar-refractivity contribution in [1.82, 2.24) is 0 Å². The molecule has 7 heteroatoms. The van der Waals surface area contributed by atoms with E-state index in [1.165, 1.54) is 0 Å². The Morgan fingerprint density at radius 1 is 0.542 bits per heavy atom. The summed E-state index contributed by atoms with van der Waals surface area (Å²) in [6.07, 6.45) is 2.93. The summed E-state index contributed by atoms with van der Waals surface area (Å²) in [7, 11) is 1.65. The molecule has 0 aromatic carbocycles. The lowest BCUT2D eigenvalue weighted by molar-refractivity contribution is 0.00315. The number of methoxy groups -OCH3 is 1. The quantitative estimate of drug-likeness (QED) is 0.289. The smallest absolute Gasteiger partial charge is 0.0701 e. The van der Waals surface area contributed by atoms with Gasteiger partial charge in [0.05, 0.1) is 66.1 Å². The van der Waals surface area contributed by atoms with Gasteiger partial charge in [-0.2, -0.15) is 0 Å². The van der Waals surface area contributed by atoms with Gasteiger partial charge >= 0.3 is 0 Å². The van der Waals surface area contributed by atoms with Crippen molar-refractivity contribution in [1.29, 1.82) is 0 Å². The SMILES string of the molecule is CCOCCOCCOC[CH]CCOCCOCCOCCOC. The van der Waals surface area contributed by atoms with Gasteiger partial charge in [-0.3, -0.25) is 0 Å². The summed E-state index contributed by atoms with van der Waals surface area (Å²) in [6, 6.07) is 0. The number of ether oxygens (including phenoxy) is 7. The Kier molecular flexibility index (Phi) is 22.5. The molecule has 0 aliphatic carbocycles. The summed E-state index contributed by atoms with van der Waals surface area (Å²) in [5.41, 5.74) is 0. The highest BCUT2D eigenvalue weighted by atomic mass is 16.6. The van der Waals surface area contributed by atoms with E-state index in [1.807, 2.05) is 6.92 Å². The van der Waals surface area contributed by atoms with Gasteiger partial charge in [0.15, 0.2) is 0 Å². The summed E-state index contributed by atoms with van der Waals surface area (Å²) in [6.45, 7) is 10.0. The highest BCUT2D eigenvalue weighted by Crippen LogP contribution is 1.91. The minimum Gasteiger partial charge on any atom is -0.382 e. The van der Waals surface area contributed by atoms with E-state index >= 15 is 0 Å². The molecule has 0 spiro atoms. The first-order chi connectivity index (χ1) is 11.9. The molecule has 0 saturated heterocycles. The molecule has 7 nitrogen and oxygen atoms in total. The molecule has 0 amide bonds. The van der Waals surface area contributed by atoms with Gasteiger partial charge in [0.2, 0.25) is 0 Å². The summed E-state index contributed by atoms with van der Waals surface area (Å²) < 4.78 is 36.9. The van der Waals surface area contributed by atoms with E-state index in [4.69, 9.17) is 33.2 Å². The third kappa shape index (κ3) is 21.7. The first-order valence-corrected chi connectivity index (χ1v) is 8.68. The molecule has 0 bridgehead atoms. The Hall–Kier alpha value is -0.280. The first-order valence-electron chi connectivity index (χ1n) is 8.68. The summed E-state index contributed by atoms with van der Waals surface area (Å²) in [5.74, 6) is 0. The summed E-state index contributed by atoms with van der Waals surface area (Å²) in [4.78, 5) is 0. The third-order valence-electron chi connectivity index (χ3n) is 2.83. The van der Waals surface area contributed by atoms with Crippen LogP contribution >= 0.6 is 0 Å². The molecule has 0 rings (SSSR count). The molecule has 0 N–H and O–H groups in total. The molecule has 0 saturated carbocycles. The molecule has 24 heavy (non-hydrogen) atoms. The minimum atomic E-state index is 0.583. The molecule has 0 aliphatic heterocycles. The van der Waals surface area contributed by atoms with E-state index < -0.39 is 0 Å². The van der Waals surface area contributed by atoms with Crippen LogP contribution in [0.2, 0.25) is 0 Å². The normalized spacial score (nSPS) is 11.2. The first kappa shape index (κ1) is 23.7. The van der Waals surface area contributed by atoms with E-state index in [-0.39, 0.29) is 0 Å². The lowest BCUT2D eigenvalue weighted by atomic mass is 10.3. The number of unbranched alkanes of at least 4 members (excludes halogenated alkanes) is 1. The molecular weight excluding hydrogens is 316 g/mol. The van der Waals surface area contributed by atoms with Gasteiger partial charge in [0.1, 0.15) is 0 Å². The zero-order valence-electron chi connectivity index (χ0n) is 15.3. The maximum absolute atomic E-state index is 5.45. The van der Waals surface area contributed by atoms with Crippen LogP contribution in [0.4, 0.5) is 0 Å². The van der Waals surface area contributed by atoms with E-state index in [0.29, 0.717) is 79.3 Å². The molecule has 145 valence electrons. The second kappa shape index (κ2) is 22.7. The fraction of sp³-hybridized carbons (Fsp3) is 0.941. The van der Waals surface area contributed by atoms with Gasteiger partial charge in [-0.25, -0.2) is 0 Å². The lowest BCUT2D eigenvalue weighted by Crippen LogP contribution is -2.12. The largest absolute Gasteiger partial charge is 0.382 e. The van der Waals surface area contributed by atoms with Gasteiger partial charge in [0.25, 0.3) is 0 Å². The topological polar surface area (TPSA) is 64.6 Å². The van der Waals surface area contributed by atoms with Crippen LogP contribution in [-0.4, -0.2) is 93.0 Å². The Balaban J connectivity index is 2.93. The predicted octanol–water partition coefficient (Wildman–Crippen LogP) is 1.35. The zero-order valence-corrected chi connectivity index (χ0v) is 15.3. The molecule has 0 fully saturated rings. The van der Waals surface area contributed by atoms with Crippen molar-refractivity contribution in [3.8, 4) is 0 Å². The molecule has 1 radical (unpaired) electrons. The highest BCUT2D eigenvalue weighted by molar-refractivity contribution is 4.62. The van der Waals surface area contributed by atoms with Crippen molar-refractivity contribution in [2.45, 2.75) is 13.3 Å². The molecule has 0 atom stereocenters. The van der Waals surface area contributed by atoms with E-state index in [1.54, 1.807) is 7.11 Å². The summed E-state index contributed by atoms with van der Waals surface area (Å²) in [5, 5.41) is 0. The highest BCUT2D eigenvalue weighted by Gasteiger charge is 1.94. The lowest BCUT2D eigenvalue weighted by Gasteiger charge is -2.07. The average Bonchev–Trinajstić information content (AvgIpc) is 2.60. The van der Waals surface area contributed by atoms with Gasteiger partial charge < -0.3 is 33.2 Å². The monoisotopic (exact) mass is 351 g/mol. The van der Waals surface area contributed by atoms with Gasteiger partial charge in [-0.05, 0) is 19.8 Å². The van der Waals surface area contributed by atoms with Crippen LogP contribution in [0.1, 0.15) is 13.3 Å². The van der Waals surface area contributed by atoms with Gasteiger partial charge in [0, 0.05) is 26.9 Å². The minimum absolute atomic E-state index is 0.583. The van der Waals surface area contributed by atoms with E-state index in [0.717, 1.165) is 13.0 Å². The van der Waals surface area contributed by atoms with E-state index in [2.05, 4.69) is 6.42 Å². The standard InChI is InChI=1S/C17H35O7/c1-3-19-10-11-23-14-12-20-6-4-5-7-21-13-15-24-17-16-22-9-8-18-2/h4H,3,5-17H2,1-2H3. The second-order valence-corrected chi connectivity index (χ2v) is 4.79. The Bertz CT molecular complexity index is 195. The van der Waals surface area contributed by atoms with Crippen LogP contribution in [0.25, 0.3) is 0 Å². The van der Waals surface area contributed by atoms with Gasteiger partial charge in [-0.15, -0.1) is 0 Å². The molecule has 0 heterocycles. The molecule has 0 unspecified atom stereocenters. The second-order valence-electron chi connectivity index (χ2n) is 4.79. The average molecular weight is 351 g/mol. The Morgan fingerprint density at radius 2 is 1.00 bits per heavy atom. The van der Waals surface area contributed by atoms with Crippen molar-refractivity contribution < 1.29 is 33.2 Å². The Labute approximate surface area is 146 Å². The Morgan fingerprint density at radius 3 is 1.54 bits per heavy atom. The predicted molar refractivity (Wildman–Crippen MR) is 91.4 cm³/mol. The van der Waals surface area contributed by atoms with Crippen LogP contribution in [0.15, 0.2) is 0 Å². The van der Waals surface area contributed by atoms with E-state index in [9.17, 15) is 0 Å². The van der Waals surface area contributed by atoms with Crippen molar-refractivity contribution in [3.63, 3.8) is 0 Å². The van der Waals surface area contributed by atoms with Gasteiger partial charge in [-0.1, -0.05) is 0 Å². The van der Waals surface area contributed by atoms with Crippen molar-refractivity contribution in [2.24, 2.45) is 0 Å². The molecule has 0 aliphatic rings. The molecule has 0 aromatic rings. The third-order valence-corrected chi connectivity index (χ3v) is 2.83. The molecule has 0 aromatic heterocycles. The zero-order chi connectivity index (χ0) is 17.6. The van der Waals surface area contributed by atoms with Crippen molar-refractivity contribution in [2.75, 3.05) is 93.0 Å². The van der Waals surface area contributed by atoms with Crippen LogP contribution in [0.5, 0.6) is 0 Å². The van der Waals surface area contributed by atoms with Crippen molar-refractivity contribution in [3.05, 3.63) is 6.42 Å². The number of hydrogen-bond acceptors (Lipinski definition) is 7. The van der Waals surface area contributed by atoms with Crippen LogP contribution in [-0.2, 0) is 33.2 Å².